The van der Waals surface area contributed by atoms with Gasteiger partial charge in [0.1, 0.15) is 17.2 Å². The number of halogens is 5. The van der Waals surface area contributed by atoms with Gasteiger partial charge >= 0.3 is 6.18 Å². The highest BCUT2D eigenvalue weighted by molar-refractivity contribution is 7.15. The fourth-order valence-electron chi connectivity index (χ4n) is 2.82. The van der Waals surface area contributed by atoms with Crippen LogP contribution < -0.4 is 4.74 Å². The number of nitrogens with zero attached hydrogens (tertiary/aromatic N) is 2. The van der Waals surface area contributed by atoms with Crippen LogP contribution in [0.15, 0.2) is 36.4 Å². The molecule has 1 atom stereocenters. The molecule has 9 heteroatoms. The monoisotopic (exact) mass is 438 g/mol. The van der Waals surface area contributed by atoms with Crippen LogP contribution >= 0.6 is 11.3 Å². The number of alkyl halides is 3. The van der Waals surface area contributed by atoms with Crippen molar-refractivity contribution in [3.8, 4) is 22.4 Å². The highest BCUT2D eigenvalue weighted by Crippen LogP contribution is 2.37. The molecule has 0 saturated heterocycles. The van der Waals surface area contributed by atoms with Gasteiger partial charge in [0.05, 0.1) is 21.7 Å². The average Bonchev–Trinajstić information content (AvgIpc) is 3.10. The molecule has 0 aliphatic rings. The number of aryl methyl sites for hydroxylation is 1. The smallest absolute Gasteiger partial charge is 0.416 e. The average molecular weight is 438 g/mol. The molecule has 1 aromatic heterocycles. The Hall–Kier alpha value is -2.99. The van der Waals surface area contributed by atoms with E-state index in [2.05, 4.69) is 4.98 Å². The molecule has 1 unspecified atom stereocenters. The summed E-state index contributed by atoms with van der Waals surface area (Å²) in [5.74, 6) is -2.86. The predicted octanol–water partition coefficient (Wildman–Crippen LogP) is 6.82. The Bertz CT molecular complexity index is 1100. The van der Waals surface area contributed by atoms with E-state index in [0.717, 1.165) is 18.2 Å². The maximum Gasteiger partial charge on any atom is 0.416 e. The third kappa shape index (κ3) is 4.28. The van der Waals surface area contributed by atoms with E-state index in [-0.39, 0.29) is 5.75 Å². The molecule has 0 radical (unpaired) electrons. The molecular weight excluding hydrogens is 423 g/mol. The van der Waals surface area contributed by atoms with Crippen LogP contribution in [0.4, 0.5) is 22.0 Å². The molecule has 0 N–H and O–H groups in total. The van der Waals surface area contributed by atoms with Gasteiger partial charge in [-0.2, -0.15) is 22.8 Å². The molecule has 0 fully saturated rings. The Labute approximate surface area is 173 Å². The second kappa shape index (κ2) is 8.40. The minimum absolute atomic E-state index is 0.331. The molecule has 30 heavy (non-hydrogen) atoms. The SMILES string of the molecule is CCC(Oc1ccc(C#N)c(F)c1F)c1sc(-c2ccc(C(F)(F)F)cc2)nc1C. The second-order valence-electron chi connectivity index (χ2n) is 6.41. The molecule has 0 bridgehead atoms. The standard InChI is InChI=1S/C21H15F5N2OS/c1-3-15(29-16-9-6-13(10-27)17(22)18(16)23)19-11(2)28-20(30-19)12-4-7-14(8-5-12)21(24,25)26/h4-9,15H,3H2,1-2H3. The molecule has 0 amide bonds. The van der Waals surface area contributed by atoms with Crippen molar-refractivity contribution in [1.82, 2.24) is 4.98 Å². The third-order valence-corrected chi connectivity index (χ3v) is 5.69. The fourth-order valence-corrected chi connectivity index (χ4v) is 4.00. The number of nitriles is 1. The second-order valence-corrected chi connectivity index (χ2v) is 7.44. The van der Waals surface area contributed by atoms with E-state index in [9.17, 15) is 22.0 Å². The van der Waals surface area contributed by atoms with Crippen molar-refractivity contribution in [2.45, 2.75) is 32.5 Å². The first-order valence-electron chi connectivity index (χ1n) is 8.85. The van der Waals surface area contributed by atoms with E-state index < -0.39 is 35.0 Å². The summed E-state index contributed by atoms with van der Waals surface area (Å²) in [6, 6.07) is 8.51. The number of rotatable bonds is 5. The van der Waals surface area contributed by atoms with Crippen LogP contribution in [0.3, 0.4) is 0 Å². The third-order valence-electron chi connectivity index (χ3n) is 4.39. The van der Waals surface area contributed by atoms with Crippen LogP contribution in [0.5, 0.6) is 5.75 Å². The number of ether oxygens (including phenoxy) is 1. The summed E-state index contributed by atoms with van der Waals surface area (Å²) in [5, 5.41) is 9.27. The van der Waals surface area contributed by atoms with Crippen molar-refractivity contribution in [1.29, 1.82) is 5.26 Å². The number of thiazole rings is 1. The van der Waals surface area contributed by atoms with Gasteiger partial charge in [-0.3, -0.25) is 0 Å². The summed E-state index contributed by atoms with van der Waals surface area (Å²) in [5.41, 5.74) is -0.0941. The fraction of sp³-hybridized carbons (Fsp3) is 0.238. The summed E-state index contributed by atoms with van der Waals surface area (Å²) in [4.78, 5) is 5.05. The Balaban J connectivity index is 1.90. The number of benzene rings is 2. The molecule has 0 spiro atoms. The van der Waals surface area contributed by atoms with Gasteiger partial charge in [-0.1, -0.05) is 19.1 Å². The first-order valence-corrected chi connectivity index (χ1v) is 9.67. The van der Waals surface area contributed by atoms with Crippen LogP contribution in [-0.4, -0.2) is 4.98 Å². The summed E-state index contributed by atoms with van der Waals surface area (Å²) in [6.45, 7) is 3.50. The van der Waals surface area contributed by atoms with Gasteiger partial charge < -0.3 is 4.74 Å². The molecule has 3 aromatic rings. The molecular formula is C21H15F5N2OS. The largest absolute Gasteiger partial charge is 0.482 e. The summed E-state index contributed by atoms with van der Waals surface area (Å²) in [7, 11) is 0. The molecule has 0 saturated carbocycles. The van der Waals surface area contributed by atoms with Crippen molar-refractivity contribution in [3.05, 3.63) is 69.7 Å². The normalized spacial score (nSPS) is 12.5. The zero-order valence-corrected chi connectivity index (χ0v) is 16.7. The van der Waals surface area contributed by atoms with E-state index in [4.69, 9.17) is 10.00 Å². The Kier molecular flexibility index (Phi) is 6.08. The lowest BCUT2D eigenvalue weighted by Gasteiger charge is -2.17. The van der Waals surface area contributed by atoms with Gasteiger partial charge in [-0.25, -0.2) is 9.37 Å². The Morgan fingerprint density at radius 3 is 2.33 bits per heavy atom. The van der Waals surface area contributed by atoms with E-state index in [0.29, 0.717) is 27.6 Å². The zero-order chi connectivity index (χ0) is 22.1. The van der Waals surface area contributed by atoms with Crippen LogP contribution in [-0.2, 0) is 6.18 Å². The first kappa shape index (κ1) is 21.7. The first-order chi connectivity index (χ1) is 14.2. The van der Waals surface area contributed by atoms with Crippen LogP contribution in [0.2, 0.25) is 0 Å². The van der Waals surface area contributed by atoms with Crippen LogP contribution in [0, 0.1) is 29.9 Å². The van der Waals surface area contributed by atoms with Gasteiger partial charge in [-0.05, 0) is 37.6 Å². The Morgan fingerprint density at radius 1 is 1.10 bits per heavy atom. The van der Waals surface area contributed by atoms with Gasteiger partial charge in [0.25, 0.3) is 0 Å². The van der Waals surface area contributed by atoms with Crippen molar-refractivity contribution < 1.29 is 26.7 Å². The quantitative estimate of drug-likeness (QED) is 0.411. The number of aromatic nitrogens is 1. The van der Waals surface area contributed by atoms with E-state index in [1.54, 1.807) is 19.9 Å². The number of hydrogen-bond donors (Lipinski definition) is 0. The molecule has 2 aromatic carbocycles. The lowest BCUT2D eigenvalue weighted by atomic mass is 10.1. The zero-order valence-electron chi connectivity index (χ0n) is 15.8. The Morgan fingerprint density at radius 2 is 1.77 bits per heavy atom. The van der Waals surface area contributed by atoms with Gasteiger partial charge in [0, 0.05) is 5.56 Å². The van der Waals surface area contributed by atoms with Crippen LogP contribution in [0.1, 0.15) is 41.1 Å². The highest BCUT2D eigenvalue weighted by atomic mass is 32.1. The minimum atomic E-state index is -4.43. The van der Waals surface area contributed by atoms with Crippen LogP contribution in [0.25, 0.3) is 10.6 Å². The molecule has 0 aliphatic heterocycles. The van der Waals surface area contributed by atoms with E-state index in [1.807, 2.05) is 0 Å². The maximum absolute atomic E-state index is 14.2. The topological polar surface area (TPSA) is 45.9 Å². The molecule has 3 rings (SSSR count). The maximum atomic E-state index is 14.2. The summed E-state index contributed by atoms with van der Waals surface area (Å²) < 4.78 is 72.0. The van der Waals surface area contributed by atoms with E-state index >= 15 is 0 Å². The van der Waals surface area contributed by atoms with Crippen molar-refractivity contribution in [2.24, 2.45) is 0 Å². The highest BCUT2D eigenvalue weighted by Gasteiger charge is 2.30. The van der Waals surface area contributed by atoms with Gasteiger partial charge in [0.15, 0.2) is 11.6 Å². The van der Waals surface area contributed by atoms with E-state index in [1.165, 1.54) is 29.5 Å². The van der Waals surface area contributed by atoms with Gasteiger partial charge in [0.2, 0.25) is 5.82 Å². The summed E-state index contributed by atoms with van der Waals surface area (Å²) >= 11 is 1.21. The van der Waals surface area contributed by atoms with Crippen molar-refractivity contribution >= 4 is 11.3 Å². The minimum Gasteiger partial charge on any atom is -0.482 e. The molecule has 1 heterocycles. The lowest BCUT2D eigenvalue weighted by molar-refractivity contribution is -0.137. The van der Waals surface area contributed by atoms with Crippen molar-refractivity contribution in [3.63, 3.8) is 0 Å². The van der Waals surface area contributed by atoms with Crippen molar-refractivity contribution in [2.75, 3.05) is 0 Å². The molecule has 3 nitrogen and oxygen atoms in total. The summed E-state index contributed by atoms with van der Waals surface area (Å²) in [6.07, 6.45) is -4.66. The molecule has 0 aliphatic carbocycles. The predicted molar refractivity (Wildman–Crippen MR) is 102 cm³/mol. The van der Waals surface area contributed by atoms with Gasteiger partial charge in [-0.15, -0.1) is 11.3 Å². The molecule has 156 valence electrons. The number of hydrogen-bond acceptors (Lipinski definition) is 4. The lowest BCUT2D eigenvalue weighted by Crippen LogP contribution is -2.08.